The van der Waals surface area contributed by atoms with Crippen molar-refractivity contribution in [1.29, 1.82) is 0 Å². The second-order valence-corrected chi connectivity index (χ2v) is 4.39. The zero-order chi connectivity index (χ0) is 13.8. The summed E-state index contributed by atoms with van der Waals surface area (Å²) < 4.78 is 6.85. The van der Waals surface area contributed by atoms with Crippen molar-refractivity contribution in [2.75, 3.05) is 19.0 Å². The average Bonchev–Trinajstić information content (AvgIpc) is 2.93. The van der Waals surface area contributed by atoms with Gasteiger partial charge in [0.15, 0.2) is 5.82 Å². The predicted molar refractivity (Wildman–Crippen MR) is 76.9 cm³/mol. The molecule has 0 amide bonds. The van der Waals surface area contributed by atoms with Gasteiger partial charge >= 0.3 is 0 Å². The number of hydrogen-bond donors (Lipinski definition) is 1. The van der Waals surface area contributed by atoms with Crippen LogP contribution in [-0.2, 0) is 11.3 Å². The van der Waals surface area contributed by atoms with Gasteiger partial charge in [0.2, 0.25) is 0 Å². The van der Waals surface area contributed by atoms with Crippen molar-refractivity contribution in [2.45, 2.75) is 6.54 Å². The lowest BCUT2D eigenvalue weighted by Gasteiger charge is -2.05. The van der Waals surface area contributed by atoms with Gasteiger partial charge in [0.25, 0.3) is 0 Å². The monoisotopic (exact) mass is 269 g/mol. The molecule has 2 aromatic heterocycles. The van der Waals surface area contributed by atoms with Crippen LogP contribution in [0.15, 0.2) is 42.9 Å². The maximum absolute atomic E-state index is 5.03. The van der Waals surface area contributed by atoms with E-state index in [0.29, 0.717) is 6.61 Å². The molecule has 0 unspecified atom stereocenters. The Morgan fingerprint density at radius 2 is 2.15 bits per heavy atom. The van der Waals surface area contributed by atoms with E-state index in [1.54, 1.807) is 19.5 Å². The zero-order valence-corrected chi connectivity index (χ0v) is 11.2. The first-order chi connectivity index (χ1) is 9.86. The molecular formula is C14H15N5O. The van der Waals surface area contributed by atoms with Crippen molar-refractivity contribution in [3.8, 4) is 0 Å². The van der Waals surface area contributed by atoms with Gasteiger partial charge in [-0.25, -0.2) is 0 Å². The Hall–Kier alpha value is -2.47. The van der Waals surface area contributed by atoms with Crippen LogP contribution in [-0.4, -0.2) is 33.7 Å². The summed E-state index contributed by atoms with van der Waals surface area (Å²) in [6.07, 6.45) is 5.43. The predicted octanol–water partition coefficient (Wildman–Crippen LogP) is 2.22. The highest BCUT2D eigenvalue weighted by molar-refractivity contribution is 5.92. The number of hydrogen-bond acceptors (Lipinski definition) is 5. The van der Waals surface area contributed by atoms with Gasteiger partial charge in [-0.1, -0.05) is 24.3 Å². The fraction of sp³-hybridized carbons (Fsp3) is 0.214. The number of benzene rings is 1. The van der Waals surface area contributed by atoms with Crippen LogP contribution in [0.1, 0.15) is 0 Å². The lowest BCUT2D eigenvalue weighted by atomic mass is 10.2. The minimum atomic E-state index is 0.634. The van der Waals surface area contributed by atoms with E-state index < -0.39 is 0 Å². The van der Waals surface area contributed by atoms with Gasteiger partial charge in [0.05, 0.1) is 31.2 Å². The molecule has 0 atom stereocenters. The van der Waals surface area contributed by atoms with Crippen molar-refractivity contribution >= 4 is 22.3 Å². The van der Waals surface area contributed by atoms with Gasteiger partial charge in [-0.15, -0.1) is 5.10 Å². The second-order valence-electron chi connectivity index (χ2n) is 4.39. The molecule has 6 nitrogen and oxygen atoms in total. The van der Waals surface area contributed by atoms with Crippen molar-refractivity contribution < 1.29 is 4.74 Å². The third kappa shape index (κ3) is 2.60. The highest BCUT2D eigenvalue weighted by Gasteiger charge is 2.05. The van der Waals surface area contributed by atoms with E-state index in [9.17, 15) is 0 Å². The largest absolute Gasteiger partial charge is 0.383 e. The SMILES string of the molecule is COCCn1cc(Nc2nncc3ccccc23)cn1. The molecule has 1 aromatic carbocycles. The topological polar surface area (TPSA) is 64.9 Å². The second kappa shape index (κ2) is 5.66. The highest BCUT2D eigenvalue weighted by Crippen LogP contribution is 2.22. The number of fused-ring (bicyclic) bond motifs is 1. The van der Waals surface area contributed by atoms with Crippen LogP contribution in [0.3, 0.4) is 0 Å². The summed E-state index contributed by atoms with van der Waals surface area (Å²) >= 11 is 0. The van der Waals surface area contributed by atoms with Crippen LogP contribution < -0.4 is 5.32 Å². The van der Waals surface area contributed by atoms with Gasteiger partial charge in [-0.2, -0.15) is 10.2 Å². The molecule has 0 aliphatic heterocycles. The van der Waals surface area contributed by atoms with E-state index in [4.69, 9.17) is 4.74 Å². The first kappa shape index (κ1) is 12.6. The normalized spacial score (nSPS) is 10.8. The summed E-state index contributed by atoms with van der Waals surface area (Å²) in [5.41, 5.74) is 0.881. The summed E-state index contributed by atoms with van der Waals surface area (Å²) in [5, 5.41) is 17.7. The lowest BCUT2D eigenvalue weighted by Crippen LogP contribution is -2.04. The molecule has 0 aliphatic carbocycles. The van der Waals surface area contributed by atoms with Gasteiger partial charge in [-0.05, 0) is 0 Å². The Morgan fingerprint density at radius 3 is 3.05 bits per heavy atom. The number of anilines is 2. The van der Waals surface area contributed by atoms with Gasteiger partial charge in [-0.3, -0.25) is 4.68 Å². The molecule has 3 rings (SSSR count). The highest BCUT2D eigenvalue weighted by atomic mass is 16.5. The van der Waals surface area contributed by atoms with Crippen molar-refractivity contribution in [1.82, 2.24) is 20.0 Å². The molecule has 3 aromatic rings. The molecule has 0 saturated heterocycles. The van der Waals surface area contributed by atoms with E-state index in [0.717, 1.165) is 28.8 Å². The number of nitrogens with one attached hydrogen (secondary N) is 1. The third-order valence-corrected chi connectivity index (χ3v) is 2.99. The van der Waals surface area contributed by atoms with Gasteiger partial charge < -0.3 is 10.1 Å². The van der Waals surface area contributed by atoms with E-state index >= 15 is 0 Å². The molecular weight excluding hydrogens is 254 g/mol. The fourth-order valence-corrected chi connectivity index (χ4v) is 1.99. The standard InChI is InChI=1S/C14H15N5O/c1-20-7-6-19-10-12(9-16-19)17-14-13-5-3-2-4-11(13)8-15-18-14/h2-5,8-10H,6-7H2,1H3,(H,17,18). The minimum absolute atomic E-state index is 0.634. The smallest absolute Gasteiger partial charge is 0.161 e. The van der Waals surface area contributed by atoms with E-state index in [-0.39, 0.29) is 0 Å². The van der Waals surface area contributed by atoms with Crippen LogP contribution in [0, 0.1) is 0 Å². The summed E-state index contributed by atoms with van der Waals surface area (Å²) in [5.74, 6) is 0.731. The summed E-state index contributed by atoms with van der Waals surface area (Å²) in [7, 11) is 1.67. The summed E-state index contributed by atoms with van der Waals surface area (Å²) in [6, 6.07) is 7.99. The molecule has 2 heterocycles. The van der Waals surface area contributed by atoms with Crippen molar-refractivity contribution in [3.63, 3.8) is 0 Å². The van der Waals surface area contributed by atoms with Crippen LogP contribution in [0.2, 0.25) is 0 Å². The first-order valence-electron chi connectivity index (χ1n) is 6.35. The van der Waals surface area contributed by atoms with Crippen LogP contribution in [0.4, 0.5) is 11.5 Å². The Kier molecular flexibility index (Phi) is 3.56. The first-order valence-corrected chi connectivity index (χ1v) is 6.35. The maximum atomic E-state index is 5.03. The summed E-state index contributed by atoms with van der Waals surface area (Å²) in [4.78, 5) is 0. The molecule has 6 heteroatoms. The van der Waals surface area contributed by atoms with E-state index in [1.807, 2.05) is 35.1 Å². The van der Waals surface area contributed by atoms with Crippen molar-refractivity contribution in [2.24, 2.45) is 0 Å². The molecule has 0 radical (unpaired) electrons. The third-order valence-electron chi connectivity index (χ3n) is 2.99. The van der Waals surface area contributed by atoms with Gasteiger partial charge in [0.1, 0.15) is 0 Å². The molecule has 0 aliphatic rings. The van der Waals surface area contributed by atoms with Crippen LogP contribution >= 0.6 is 0 Å². The Bertz CT molecular complexity index is 704. The molecule has 1 N–H and O–H groups in total. The Labute approximate surface area is 116 Å². The quantitative estimate of drug-likeness (QED) is 0.769. The van der Waals surface area contributed by atoms with Crippen molar-refractivity contribution in [3.05, 3.63) is 42.9 Å². The van der Waals surface area contributed by atoms with Gasteiger partial charge in [0, 0.05) is 24.1 Å². The molecule has 20 heavy (non-hydrogen) atoms. The summed E-state index contributed by atoms with van der Waals surface area (Å²) in [6.45, 7) is 1.36. The molecule has 102 valence electrons. The number of methoxy groups -OCH3 is 1. The average molecular weight is 269 g/mol. The molecule has 0 saturated carbocycles. The number of ether oxygens (including phenoxy) is 1. The molecule has 0 fully saturated rings. The zero-order valence-electron chi connectivity index (χ0n) is 11.2. The number of aromatic nitrogens is 4. The molecule has 0 bridgehead atoms. The fourth-order valence-electron chi connectivity index (χ4n) is 1.99. The number of nitrogens with zero attached hydrogens (tertiary/aromatic N) is 4. The maximum Gasteiger partial charge on any atom is 0.161 e. The van der Waals surface area contributed by atoms with E-state index in [2.05, 4.69) is 20.6 Å². The van der Waals surface area contributed by atoms with E-state index in [1.165, 1.54) is 0 Å². The van der Waals surface area contributed by atoms with Crippen LogP contribution in [0.5, 0.6) is 0 Å². The van der Waals surface area contributed by atoms with Crippen LogP contribution in [0.25, 0.3) is 10.8 Å². The Balaban J connectivity index is 1.84. The Morgan fingerprint density at radius 1 is 1.25 bits per heavy atom. The lowest BCUT2D eigenvalue weighted by molar-refractivity contribution is 0.183. The molecule has 0 spiro atoms. The minimum Gasteiger partial charge on any atom is -0.383 e. The number of rotatable bonds is 5.